The van der Waals surface area contributed by atoms with Crippen LogP contribution in [0, 0.1) is 22.9 Å². The van der Waals surface area contributed by atoms with E-state index in [0.29, 0.717) is 0 Å². The average Bonchev–Trinajstić information content (AvgIpc) is 2.27. The van der Waals surface area contributed by atoms with Crippen molar-refractivity contribution in [3.63, 3.8) is 0 Å². The zero-order valence-corrected chi connectivity index (χ0v) is 9.97. The van der Waals surface area contributed by atoms with Gasteiger partial charge in [-0.3, -0.25) is 10.1 Å². The summed E-state index contributed by atoms with van der Waals surface area (Å²) in [5.41, 5.74) is 0.00560. The third-order valence-electron chi connectivity index (χ3n) is 2.20. The van der Waals surface area contributed by atoms with Gasteiger partial charge in [0.25, 0.3) is 5.69 Å². The summed E-state index contributed by atoms with van der Waals surface area (Å²) >= 11 is 0. The SMILES string of the molecule is CCOC(=O)C=Cc1cc([N+](=O)[O-])c(C)cc1F. The first-order valence-corrected chi connectivity index (χ1v) is 5.25. The van der Waals surface area contributed by atoms with Gasteiger partial charge in [0.15, 0.2) is 0 Å². The van der Waals surface area contributed by atoms with Crippen LogP contribution < -0.4 is 0 Å². The zero-order valence-electron chi connectivity index (χ0n) is 9.97. The van der Waals surface area contributed by atoms with Crippen LogP contribution in [0.15, 0.2) is 18.2 Å². The molecule has 0 N–H and O–H groups in total. The summed E-state index contributed by atoms with van der Waals surface area (Å²) in [7, 11) is 0. The highest BCUT2D eigenvalue weighted by Gasteiger charge is 2.14. The second-order valence-corrected chi connectivity index (χ2v) is 3.50. The fourth-order valence-corrected chi connectivity index (χ4v) is 1.35. The van der Waals surface area contributed by atoms with E-state index in [-0.39, 0.29) is 23.4 Å². The van der Waals surface area contributed by atoms with Crippen molar-refractivity contribution in [3.8, 4) is 0 Å². The molecule has 5 nitrogen and oxygen atoms in total. The number of halogens is 1. The monoisotopic (exact) mass is 253 g/mol. The van der Waals surface area contributed by atoms with Crippen LogP contribution in [0.2, 0.25) is 0 Å². The Morgan fingerprint density at radius 3 is 2.78 bits per heavy atom. The number of carbonyl (C=O) groups excluding carboxylic acids is 1. The highest BCUT2D eigenvalue weighted by atomic mass is 19.1. The van der Waals surface area contributed by atoms with Crippen molar-refractivity contribution in [2.24, 2.45) is 0 Å². The number of nitrogens with zero attached hydrogens (tertiary/aromatic N) is 1. The van der Waals surface area contributed by atoms with E-state index in [2.05, 4.69) is 4.74 Å². The summed E-state index contributed by atoms with van der Waals surface area (Å²) in [6.45, 7) is 3.29. The van der Waals surface area contributed by atoms with Crippen LogP contribution >= 0.6 is 0 Å². The van der Waals surface area contributed by atoms with Crippen LogP contribution in [0.1, 0.15) is 18.1 Å². The van der Waals surface area contributed by atoms with Crippen LogP contribution in [0.3, 0.4) is 0 Å². The van der Waals surface area contributed by atoms with Crippen molar-refractivity contribution in [2.45, 2.75) is 13.8 Å². The lowest BCUT2D eigenvalue weighted by Gasteiger charge is -2.01. The number of nitro groups is 1. The summed E-state index contributed by atoms with van der Waals surface area (Å²) in [5, 5.41) is 10.7. The van der Waals surface area contributed by atoms with Gasteiger partial charge in [-0.2, -0.15) is 0 Å². The van der Waals surface area contributed by atoms with Gasteiger partial charge < -0.3 is 4.74 Å². The Labute approximate surface area is 103 Å². The molecule has 0 aliphatic carbocycles. The van der Waals surface area contributed by atoms with Crippen molar-refractivity contribution in [1.82, 2.24) is 0 Å². The highest BCUT2D eigenvalue weighted by Crippen LogP contribution is 2.23. The van der Waals surface area contributed by atoms with Gasteiger partial charge in [0.1, 0.15) is 5.82 Å². The molecule has 0 atom stereocenters. The third kappa shape index (κ3) is 3.38. The molecule has 0 saturated heterocycles. The quantitative estimate of drug-likeness (QED) is 0.358. The first-order valence-electron chi connectivity index (χ1n) is 5.25. The molecule has 1 aromatic rings. The number of hydrogen-bond acceptors (Lipinski definition) is 4. The minimum atomic E-state index is -0.626. The Kier molecular flexibility index (Phi) is 4.53. The molecule has 6 heteroatoms. The normalized spacial score (nSPS) is 10.6. The average molecular weight is 253 g/mol. The van der Waals surface area contributed by atoms with Gasteiger partial charge in [-0.1, -0.05) is 0 Å². The Morgan fingerprint density at radius 2 is 2.22 bits per heavy atom. The highest BCUT2D eigenvalue weighted by molar-refractivity contribution is 5.87. The maximum Gasteiger partial charge on any atom is 0.330 e. The summed E-state index contributed by atoms with van der Waals surface area (Å²) < 4.78 is 18.1. The topological polar surface area (TPSA) is 69.4 Å². The van der Waals surface area contributed by atoms with E-state index >= 15 is 0 Å². The van der Waals surface area contributed by atoms with E-state index < -0.39 is 16.7 Å². The lowest BCUT2D eigenvalue weighted by atomic mass is 10.1. The molecule has 0 fully saturated rings. The number of benzene rings is 1. The van der Waals surface area contributed by atoms with Gasteiger partial charge in [0.2, 0.25) is 0 Å². The smallest absolute Gasteiger partial charge is 0.330 e. The number of hydrogen-bond donors (Lipinski definition) is 0. The lowest BCUT2D eigenvalue weighted by molar-refractivity contribution is -0.385. The molecule has 0 spiro atoms. The van der Waals surface area contributed by atoms with Crippen LogP contribution in [-0.2, 0) is 9.53 Å². The summed E-state index contributed by atoms with van der Waals surface area (Å²) in [5.74, 6) is -1.25. The van der Waals surface area contributed by atoms with Crippen LogP contribution in [0.5, 0.6) is 0 Å². The zero-order chi connectivity index (χ0) is 13.7. The van der Waals surface area contributed by atoms with Crippen molar-refractivity contribution in [1.29, 1.82) is 0 Å². The Balaban J connectivity index is 3.06. The second-order valence-electron chi connectivity index (χ2n) is 3.50. The number of carbonyl (C=O) groups is 1. The molecule has 1 rings (SSSR count). The van der Waals surface area contributed by atoms with Gasteiger partial charge in [-0.25, -0.2) is 9.18 Å². The molecule has 96 valence electrons. The number of ether oxygens (including phenoxy) is 1. The number of nitro benzene ring substituents is 1. The van der Waals surface area contributed by atoms with Crippen LogP contribution in [0.4, 0.5) is 10.1 Å². The number of rotatable bonds is 4. The summed E-state index contributed by atoms with van der Waals surface area (Å²) in [6, 6.07) is 2.14. The van der Waals surface area contributed by atoms with E-state index in [1.807, 2.05) is 0 Å². The molecule has 0 saturated carbocycles. The molecule has 18 heavy (non-hydrogen) atoms. The van der Waals surface area contributed by atoms with E-state index in [9.17, 15) is 19.3 Å². The molecule has 0 aliphatic heterocycles. The lowest BCUT2D eigenvalue weighted by Crippen LogP contribution is -1.99. The molecular formula is C12H12FNO4. The van der Waals surface area contributed by atoms with Gasteiger partial charge in [0, 0.05) is 23.3 Å². The fraction of sp³-hybridized carbons (Fsp3) is 0.250. The Bertz CT molecular complexity index is 511. The maximum atomic E-state index is 13.5. The summed E-state index contributed by atoms with van der Waals surface area (Å²) in [6.07, 6.45) is 2.18. The molecule has 1 aromatic carbocycles. The first-order chi connectivity index (χ1) is 8.45. The first kappa shape index (κ1) is 13.8. The summed E-state index contributed by atoms with van der Waals surface area (Å²) in [4.78, 5) is 21.1. The third-order valence-corrected chi connectivity index (χ3v) is 2.20. The molecule has 0 bridgehead atoms. The minimum absolute atomic E-state index is 0.0275. The van der Waals surface area contributed by atoms with Crippen molar-refractivity contribution in [3.05, 3.63) is 45.3 Å². The maximum absolute atomic E-state index is 13.5. The Morgan fingerprint density at radius 1 is 1.56 bits per heavy atom. The molecule has 0 aliphatic rings. The van der Waals surface area contributed by atoms with Gasteiger partial charge >= 0.3 is 5.97 Å². The van der Waals surface area contributed by atoms with E-state index in [1.54, 1.807) is 6.92 Å². The Hall–Kier alpha value is -2.24. The molecule has 0 radical (unpaired) electrons. The van der Waals surface area contributed by atoms with Gasteiger partial charge in [-0.15, -0.1) is 0 Å². The van der Waals surface area contributed by atoms with Crippen molar-refractivity contribution < 1.29 is 18.8 Å². The fourth-order valence-electron chi connectivity index (χ4n) is 1.35. The predicted molar refractivity (Wildman–Crippen MR) is 63.5 cm³/mol. The van der Waals surface area contributed by atoms with Crippen molar-refractivity contribution in [2.75, 3.05) is 6.61 Å². The standard InChI is InChI=1S/C12H12FNO4/c1-3-18-12(15)5-4-9-7-11(14(16)17)8(2)6-10(9)13/h4-7H,3H2,1-2H3. The van der Waals surface area contributed by atoms with Crippen LogP contribution in [0.25, 0.3) is 6.08 Å². The molecule has 0 amide bonds. The second kappa shape index (κ2) is 5.90. The number of esters is 1. The minimum Gasteiger partial charge on any atom is -0.463 e. The van der Waals surface area contributed by atoms with Gasteiger partial charge in [-0.05, 0) is 26.0 Å². The van der Waals surface area contributed by atoms with Crippen LogP contribution in [-0.4, -0.2) is 17.5 Å². The molecule has 0 aromatic heterocycles. The largest absolute Gasteiger partial charge is 0.463 e. The number of aryl methyl sites for hydroxylation is 1. The van der Waals surface area contributed by atoms with E-state index in [4.69, 9.17) is 0 Å². The van der Waals surface area contributed by atoms with Gasteiger partial charge in [0.05, 0.1) is 11.5 Å². The van der Waals surface area contributed by atoms with E-state index in [0.717, 1.165) is 24.3 Å². The predicted octanol–water partition coefficient (Wildman–Crippen LogP) is 2.62. The van der Waals surface area contributed by atoms with Crippen molar-refractivity contribution >= 4 is 17.7 Å². The molecular weight excluding hydrogens is 241 g/mol. The molecule has 0 heterocycles. The van der Waals surface area contributed by atoms with E-state index in [1.165, 1.54) is 6.92 Å². The molecule has 0 unspecified atom stereocenters.